The maximum atomic E-state index is 11.7. The van der Waals surface area contributed by atoms with Crippen LogP contribution in [0.1, 0.15) is 15.9 Å². The van der Waals surface area contributed by atoms with E-state index in [1.54, 1.807) is 13.2 Å². The van der Waals surface area contributed by atoms with Gasteiger partial charge in [0.1, 0.15) is 16.5 Å². The van der Waals surface area contributed by atoms with Crippen LogP contribution in [0.5, 0.6) is 11.5 Å². The molecule has 2 aliphatic heterocycles. The molecule has 6 nitrogen and oxygen atoms in total. The first-order valence-electron chi connectivity index (χ1n) is 8.73. The molecule has 0 spiro atoms. The molecule has 1 atom stereocenters. The molecule has 0 saturated carbocycles. The minimum Gasteiger partial charge on any atom is -0.497 e. The zero-order valence-electron chi connectivity index (χ0n) is 15.2. The Labute approximate surface area is 172 Å². The Bertz CT molecular complexity index is 975. The molecular weight excluding hydrogens is 415 g/mol. The summed E-state index contributed by atoms with van der Waals surface area (Å²) in [6.45, 7) is 2.65. The molecule has 4 rings (SSSR count). The van der Waals surface area contributed by atoms with Gasteiger partial charge in [-0.15, -0.1) is 0 Å². The highest BCUT2D eigenvalue weighted by Gasteiger charge is 2.34. The summed E-state index contributed by atoms with van der Waals surface area (Å²) >= 11 is 7.14. The number of aldehydes is 1. The standard InChI is InChI=1S/C19H19N2O4PS2/c1-23-14-2-4-15(5-3-14)26(27)25-18-11-17(21-6-8-24-9-7-21)13(12-22)10-16(18)19(20)28-26/h2-5,10-12,20H,6-9H2,1H3. The first kappa shape index (κ1) is 19.5. The minimum absolute atomic E-state index is 0.331. The van der Waals surface area contributed by atoms with Gasteiger partial charge in [-0.1, -0.05) is 0 Å². The van der Waals surface area contributed by atoms with Gasteiger partial charge < -0.3 is 18.9 Å². The van der Waals surface area contributed by atoms with Gasteiger partial charge in [-0.2, -0.15) is 0 Å². The van der Waals surface area contributed by atoms with Crippen LogP contribution in [0.15, 0.2) is 36.4 Å². The van der Waals surface area contributed by atoms with Crippen LogP contribution in [0.3, 0.4) is 0 Å². The lowest BCUT2D eigenvalue weighted by Crippen LogP contribution is -2.37. The number of benzene rings is 2. The van der Waals surface area contributed by atoms with Crippen LogP contribution in [0.4, 0.5) is 5.69 Å². The third kappa shape index (κ3) is 3.57. The molecule has 0 amide bonds. The van der Waals surface area contributed by atoms with Gasteiger partial charge in [-0.05, 0) is 53.5 Å². The van der Waals surface area contributed by atoms with E-state index in [2.05, 4.69) is 4.90 Å². The number of methoxy groups -OCH3 is 1. The minimum atomic E-state index is -2.53. The van der Waals surface area contributed by atoms with E-state index in [1.807, 2.05) is 30.3 Å². The highest BCUT2D eigenvalue weighted by molar-refractivity contribution is 8.77. The predicted octanol–water partition coefficient (Wildman–Crippen LogP) is 3.43. The van der Waals surface area contributed by atoms with E-state index in [-0.39, 0.29) is 0 Å². The topological polar surface area (TPSA) is 71.8 Å². The lowest BCUT2D eigenvalue weighted by Gasteiger charge is -2.33. The number of fused-ring (bicyclic) bond motifs is 1. The van der Waals surface area contributed by atoms with Gasteiger partial charge in [-0.25, -0.2) is 0 Å². The van der Waals surface area contributed by atoms with Crippen LogP contribution in [0.2, 0.25) is 0 Å². The molecule has 9 heteroatoms. The smallest absolute Gasteiger partial charge is 0.202 e. The average molecular weight is 434 g/mol. The van der Waals surface area contributed by atoms with Gasteiger partial charge in [0.25, 0.3) is 0 Å². The number of carbonyl (C=O) groups is 1. The normalized spacial score (nSPS) is 21.6. The molecule has 1 unspecified atom stereocenters. The second-order valence-electron chi connectivity index (χ2n) is 6.33. The second-order valence-corrected chi connectivity index (χ2v) is 12.9. The number of morpholine rings is 1. The molecule has 0 aromatic heterocycles. The number of ether oxygens (including phenoxy) is 2. The van der Waals surface area contributed by atoms with Gasteiger partial charge >= 0.3 is 0 Å². The predicted molar refractivity (Wildman–Crippen MR) is 117 cm³/mol. The van der Waals surface area contributed by atoms with E-state index < -0.39 is 5.47 Å². The Kier molecular flexibility index (Phi) is 5.47. The van der Waals surface area contributed by atoms with Crippen molar-refractivity contribution >= 4 is 51.0 Å². The second kappa shape index (κ2) is 7.87. The van der Waals surface area contributed by atoms with Crippen molar-refractivity contribution in [3.63, 3.8) is 0 Å². The van der Waals surface area contributed by atoms with Crippen molar-refractivity contribution in [1.82, 2.24) is 0 Å². The molecule has 0 aliphatic carbocycles. The zero-order valence-corrected chi connectivity index (χ0v) is 17.7. The maximum Gasteiger partial charge on any atom is 0.202 e. The van der Waals surface area contributed by atoms with E-state index in [4.69, 9.17) is 31.2 Å². The number of carbonyl (C=O) groups excluding carboxylic acids is 1. The molecular formula is C19H19N2O4PS2. The van der Waals surface area contributed by atoms with Crippen LogP contribution in [-0.4, -0.2) is 44.7 Å². The van der Waals surface area contributed by atoms with Crippen LogP contribution in [-0.2, 0) is 16.5 Å². The fourth-order valence-electron chi connectivity index (χ4n) is 3.20. The first-order valence-corrected chi connectivity index (χ1v) is 12.9. The third-order valence-electron chi connectivity index (χ3n) is 4.67. The molecule has 1 saturated heterocycles. The van der Waals surface area contributed by atoms with Gasteiger partial charge in [0.2, 0.25) is 5.47 Å². The molecule has 146 valence electrons. The fourth-order valence-corrected chi connectivity index (χ4v) is 8.20. The summed E-state index contributed by atoms with van der Waals surface area (Å²) in [5.41, 5.74) is -0.571. The van der Waals surface area contributed by atoms with E-state index in [0.717, 1.165) is 23.0 Å². The van der Waals surface area contributed by atoms with Crippen LogP contribution in [0, 0.1) is 5.41 Å². The highest BCUT2D eigenvalue weighted by Crippen LogP contribution is 2.63. The van der Waals surface area contributed by atoms with Crippen molar-refractivity contribution in [2.45, 2.75) is 0 Å². The largest absolute Gasteiger partial charge is 0.497 e. The molecule has 2 aromatic rings. The van der Waals surface area contributed by atoms with Crippen molar-refractivity contribution in [1.29, 1.82) is 5.41 Å². The number of nitrogens with one attached hydrogen (secondary N) is 1. The SMILES string of the molecule is COc1ccc(P2(=S)Oc3cc(N4CCOCC4)c(C=O)cc3C(=N)S2)cc1. The van der Waals surface area contributed by atoms with Crippen molar-refractivity contribution in [3.05, 3.63) is 47.5 Å². The Morgan fingerprint density at radius 1 is 1.25 bits per heavy atom. The van der Waals surface area contributed by atoms with Gasteiger partial charge in [-0.3, -0.25) is 10.2 Å². The zero-order chi connectivity index (χ0) is 19.7. The summed E-state index contributed by atoms with van der Waals surface area (Å²) in [4.78, 5) is 13.8. The third-order valence-corrected chi connectivity index (χ3v) is 10.3. The number of anilines is 1. The van der Waals surface area contributed by atoms with Gasteiger partial charge in [0, 0.05) is 35.6 Å². The molecule has 1 fully saturated rings. The lowest BCUT2D eigenvalue weighted by molar-refractivity contribution is 0.111. The average Bonchev–Trinajstić information content (AvgIpc) is 2.73. The van der Waals surface area contributed by atoms with E-state index >= 15 is 0 Å². The quantitative estimate of drug-likeness (QED) is 0.584. The summed E-state index contributed by atoms with van der Waals surface area (Å²) < 4.78 is 16.9. The number of hydrogen-bond donors (Lipinski definition) is 1. The molecule has 28 heavy (non-hydrogen) atoms. The maximum absolute atomic E-state index is 11.7. The van der Waals surface area contributed by atoms with Gasteiger partial charge in [0.05, 0.1) is 26.0 Å². The number of hydrogen-bond acceptors (Lipinski definition) is 8. The monoisotopic (exact) mass is 434 g/mol. The van der Waals surface area contributed by atoms with E-state index in [1.165, 1.54) is 11.4 Å². The Morgan fingerprint density at radius 3 is 2.61 bits per heavy atom. The summed E-state index contributed by atoms with van der Waals surface area (Å²) in [6.07, 6.45) is 0.831. The lowest BCUT2D eigenvalue weighted by atomic mass is 10.1. The fraction of sp³-hybridized carbons (Fsp3) is 0.263. The molecule has 0 bridgehead atoms. The Morgan fingerprint density at radius 2 is 1.96 bits per heavy atom. The number of rotatable bonds is 4. The Hall–Kier alpha value is -1.86. The summed E-state index contributed by atoms with van der Waals surface area (Å²) in [6, 6.07) is 11.1. The summed E-state index contributed by atoms with van der Waals surface area (Å²) in [7, 11) is 1.61. The van der Waals surface area contributed by atoms with Crippen LogP contribution < -0.4 is 19.5 Å². The van der Waals surface area contributed by atoms with Gasteiger partial charge in [0.15, 0.2) is 6.29 Å². The molecule has 2 aliphatic rings. The summed E-state index contributed by atoms with van der Waals surface area (Å²) in [5.74, 6) is 1.31. The molecule has 1 N–H and O–H groups in total. The van der Waals surface area contributed by atoms with Crippen LogP contribution >= 0.6 is 16.8 Å². The van der Waals surface area contributed by atoms with Crippen LogP contribution in [0.25, 0.3) is 0 Å². The Balaban J connectivity index is 1.74. The number of nitrogens with zero attached hydrogens (tertiary/aromatic N) is 1. The highest BCUT2D eigenvalue weighted by atomic mass is 32.9. The molecule has 2 heterocycles. The van der Waals surface area contributed by atoms with Crippen molar-refractivity contribution in [2.75, 3.05) is 38.3 Å². The molecule has 2 aromatic carbocycles. The first-order chi connectivity index (χ1) is 13.5. The molecule has 0 radical (unpaired) electrons. The van der Waals surface area contributed by atoms with Crippen molar-refractivity contribution in [2.24, 2.45) is 0 Å². The van der Waals surface area contributed by atoms with Crippen molar-refractivity contribution < 1.29 is 18.8 Å². The van der Waals surface area contributed by atoms with Crippen molar-refractivity contribution in [3.8, 4) is 11.5 Å². The van der Waals surface area contributed by atoms with E-state index in [0.29, 0.717) is 48.2 Å². The summed E-state index contributed by atoms with van der Waals surface area (Å²) in [5, 5.41) is 9.71. The van der Waals surface area contributed by atoms with E-state index in [9.17, 15) is 4.79 Å².